The lowest BCUT2D eigenvalue weighted by Gasteiger charge is -2.12. The number of pyridine rings is 1. The number of hydrogen-bond donors (Lipinski definition) is 1. The summed E-state index contributed by atoms with van der Waals surface area (Å²) in [4.78, 5) is 12.0. The van der Waals surface area contributed by atoms with Gasteiger partial charge in [-0.3, -0.25) is 4.79 Å². The Hall–Kier alpha value is -1.09. The summed E-state index contributed by atoms with van der Waals surface area (Å²) in [5.41, 5.74) is 7.60. The molecular formula is C12H18N2O. The van der Waals surface area contributed by atoms with Crippen molar-refractivity contribution in [1.29, 1.82) is 0 Å². The van der Waals surface area contributed by atoms with Gasteiger partial charge in [0.15, 0.2) is 0 Å². The SMILES string of the molecule is CCCn1c(C2CC2)ccc(CN)c1=O. The van der Waals surface area contributed by atoms with Crippen molar-refractivity contribution in [2.24, 2.45) is 5.73 Å². The van der Waals surface area contributed by atoms with Crippen LogP contribution in [0.3, 0.4) is 0 Å². The quantitative estimate of drug-likeness (QED) is 0.813. The van der Waals surface area contributed by atoms with Crippen molar-refractivity contribution in [3.8, 4) is 0 Å². The van der Waals surface area contributed by atoms with E-state index in [9.17, 15) is 4.79 Å². The third kappa shape index (κ3) is 1.97. The Morgan fingerprint density at radius 3 is 2.73 bits per heavy atom. The van der Waals surface area contributed by atoms with E-state index in [-0.39, 0.29) is 5.56 Å². The van der Waals surface area contributed by atoms with Crippen LogP contribution in [0.2, 0.25) is 0 Å². The van der Waals surface area contributed by atoms with Crippen molar-refractivity contribution in [3.05, 3.63) is 33.7 Å². The minimum absolute atomic E-state index is 0.115. The highest BCUT2D eigenvalue weighted by molar-refractivity contribution is 5.22. The van der Waals surface area contributed by atoms with Gasteiger partial charge in [-0.25, -0.2) is 0 Å². The van der Waals surface area contributed by atoms with E-state index in [1.165, 1.54) is 18.5 Å². The summed E-state index contributed by atoms with van der Waals surface area (Å²) >= 11 is 0. The number of rotatable bonds is 4. The Morgan fingerprint density at radius 2 is 2.20 bits per heavy atom. The summed E-state index contributed by atoms with van der Waals surface area (Å²) in [6.07, 6.45) is 3.45. The van der Waals surface area contributed by atoms with Gasteiger partial charge in [0, 0.05) is 24.3 Å². The minimum atomic E-state index is 0.115. The van der Waals surface area contributed by atoms with Gasteiger partial charge in [0.25, 0.3) is 5.56 Å². The molecule has 1 aliphatic carbocycles. The summed E-state index contributed by atoms with van der Waals surface area (Å²) in [6.45, 7) is 3.25. The summed E-state index contributed by atoms with van der Waals surface area (Å²) in [5.74, 6) is 0.621. The second-order valence-electron chi connectivity index (χ2n) is 4.22. The fraction of sp³-hybridized carbons (Fsp3) is 0.583. The van der Waals surface area contributed by atoms with Crippen LogP contribution in [0.15, 0.2) is 16.9 Å². The second kappa shape index (κ2) is 4.19. The fourth-order valence-electron chi connectivity index (χ4n) is 1.98. The maximum atomic E-state index is 12.0. The molecule has 1 aliphatic rings. The lowest BCUT2D eigenvalue weighted by Crippen LogP contribution is -2.27. The molecule has 0 bridgehead atoms. The Bertz CT molecular complexity index is 405. The molecule has 1 fully saturated rings. The molecule has 0 unspecified atom stereocenters. The van der Waals surface area contributed by atoms with E-state index in [1.807, 2.05) is 10.6 Å². The van der Waals surface area contributed by atoms with E-state index in [0.717, 1.165) is 18.5 Å². The molecule has 3 nitrogen and oxygen atoms in total. The number of aromatic nitrogens is 1. The van der Waals surface area contributed by atoms with Crippen LogP contribution in [0.4, 0.5) is 0 Å². The molecule has 0 atom stereocenters. The molecule has 1 saturated carbocycles. The number of nitrogens with zero attached hydrogens (tertiary/aromatic N) is 1. The Labute approximate surface area is 89.9 Å². The third-order valence-electron chi connectivity index (χ3n) is 2.95. The van der Waals surface area contributed by atoms with Crippen LogP contribution in [-0.2, 0) is 13.1 Å². The highest BCUT2D eigenvalue weighted by atomic mass is 16.1. The summed E-state index contributed by atoms with van der Waals surface area (Å²) in [5, 5.41) is 0. The smallest absolute Gasteiger partial charge is 0.255 e. The van der Waals surface area contributed by atoms with Crippen molar-refractivity contribution >= 4 is 0 Å². The van der Waals surface area contributed by atoms with Gasteiger partial charge >= 0.3 is 0 Å². The molecular weight excluding hydrogens is 188 g/mol. The van der Waals surface area contributed by atoms with Crippen LogP contribution >= 0.6 is 0 Å². The summed E-state index contributed by atoms with van der Waals surface area (Å²) < 4.78 is 1.92. The van der Waals surface area contributed by atoms with Crippen LogP contribution < -0.4 is 11.3 Å². The normalized spacial score (nSPS) is 15.6. The average molecular weight is 206 g/mol. The van der Waals surface area contributed by atoms with Gasteiger partial charge in [-0.1, -0.05) is 13.0 Å². The van der Waals surface area contributed by atoms with Gasteiger partial charge < -0.3 is 10.3 Å². The molecule has 15 heavy (non-hydrogen) atoms. The average Bonchev–Trinajstić information content (AvgIpc) is 3.05. The highest BCUT2D eigenvalue weighted by Gasteiger charge is 2.26. The van der Waals surface area contributed by atoms with E-state index in [4.69, 9.17) is 5.73 Å². The van der Waals surface area contributed by atoms with E-state index in [2.05, 4.69) is 13.0 Å². The first kappa shape index (κ1) is 10.4. The molecule has 82 valence electrons. The highest BCUT2D eigenvalue weighted by Crippen LogP contribution is 2.39. The number of nitrogens with two attached hydrogens (primary N) is 1. The molecule has 0 amide bonds. The van der Waals surface area contributed by atoms with Gasteiger partial charge in [0.2, 0.25) is 0 Å². The Morgan fingerprint density at radius 1 is 1.47 bits per heavy atom. The van der Waals surface area contributed by atoms with E-state index in [0.29, 0.717) is 12.5 Å². The van der Waals surface area contributed by atoms with Gasteiger partial charge in [-0.05, 0) is 31.2 Å². The first-order valence-electron chi connectivity index (χ1n) is 5.70. The molecule has 0 aliphatic heterocycles. The summed E-state index contributed by atoms with van der Waals surface area (Å²) in [6, 6.07) is 3.97. The van der Waals surface area contributed by atoms with E-state index < -0.39 is 0 Å². The maximum Gasteiger partial charge on any atom is 0.255 e. The van der Waals surface area contributed by atoms with Crippen LogP contribution in [0, 0.1) is 0 Å². The van der Waals surface area contributed by atoms with Crippen LogP contribution in [0.5, 0.6) is 0 Å². The first-order valence-corrected chi connectivity index (χ1v) is 5.70. The van der Waals surface area contributed by atoms with Gasteiger partial charge in [0.05, 0.1) is 0 Å². The van der Waals surface area contributed by atoms with Crippen LogP contribution in [0.25, 0.3) is 0 Å². The lowest BCUT2D eigenvalue weighted by molar-refractivity contribution is 0.613. The Kier molecular flexibility index (Phi) is 2.91. The third-order valence-corrected chi connectivity index (χ3v) is 2.95. The maximum absolute atomic E-state index is 12.0. The summed E-state index contributed by atoms with van der Waals surface area (Å²) in [7, 11) is 0. The molecule has 0 spiro atoms. The molecule has 0 aromatic carbocycles. The predicted octanol–water partition coefficient (Wildman–Crippen LogP) is 1.59. The predicted molar refractivity (Wildman–Crippen MR) is 60.9 cm³/mol. The number of hydrogen-bond acceptors (Lipinski definition) is 2. The van der Waals surface area contributed by atoms with Crippen LogP contribution in [0.1, 0.15) is 43.4 Å². The molecule has 2 rings (SSSR count). The monoisotopic (exact) mass is 206 g/mol. The molecule has 1 aromatic heterocycles. The van der Waals surface area contributed by atoms with Crippen LogP contribution in [-0.4, -0.2) is 4.57 Å². The fourth-order valence-corrected chi connectivity index (χ4v) is 1.98. The van der Waals surface area contributed by atoms with Gasteiger partial charge in [0.1, 0.15) is 0 Å². The zero-order valence-corrected chi connectivity index (χ0v) is 9.20. The molecule has 2 N–H and O–H groups in total. The minimum Gasteiger partial charge on any atom is -0.326 e. The largest absolute Gasteiger partial charge is 0.326 e. The van der Waals surface area contributed by atoms with Crippen molar-refractivity contribution < 1.29 is 0 Å². The van der Waals surface area contributed by atoms with E-state index in [1.54, 1.807) is 0 Å². The van der Waals surface area contributed by atoms with E-state index >= 15 is 0 Å². The van der Waals surface area contributed by atoms with Gasteiger partial charge in [-0.2, -0.15) is 0 Å². The topological polar surface area (TPSA) is 48.0 Å². The van der Waals surface area contributed by atoms with Crippen molar-refractivity contribution in [1.82, 2.24) is 4.57 Å². The molecule has 3 heteroatoms. The lowest BCUT2D eigenvalue weighted by atomic mass is 10.2. The molecule has 0 radical (unpaired) electrons. The molecule has 0 saturated heterocycles. The first-order chi connectivity index (χ1) is 7.27. The molecule has 1 aromatic rings. The van der Waals surface area contributed by atoms with Gasteiger partial charge in [-0.15, -0.1) is 0 Å². The Balaban J connectivity index is 2.46. The molecule has 1 heterocycles. The zero-order valence-electron chi connectivity index (χ0n) is 9.20. The second-order valence-corrected chi connectivity index (χ2v) is 4.22. The van der Waals surface area contributed by atoms with Crippen molar-refractivity contribution in [2.75, 3.05) is 0 Å². The van der Waals surface area contributed by atoms with Crippen molar-refractivity contribution in [2.45, 2.75) is 45.2 Å². The zero-order chi connectivity index (χ0) is 10.8. The van der Waals surface area contributed by atoms with Crippen molar-refractivity contribution in [3.63, 3.8) is 0 Å². The standard InChI is InChI=1S/C12H18N2O/c1-2-7-14-11(9-3-4-9)6-5-10(8-13)12(14)15/h5-6,9H,2-4,7-8,13H2,1H3.